The molecule has 0 amide bonds. The number of nitrogens with one attached hydrogen (secondary N) is 1. The van der Waals surface area contributed by atoms with Crippen molar-refractivity contribution < 1.29 is 19.4 Å². The molecule has 0 saturated carbocycles. The van der Waals surface area contributed by atoms with Crippen LogP contribution in [0, 0.1) is 5.82 Å². The van der Waals surface area contributed by atoms with Crippen molar-refractivity contribution in [1.82, 2.24) is 14.5 Å². The van der Waals surface area contributed by atoms with Crippen molar-refractivity contribution in [3.05, 3.63) is 71.8 Å². The molecule has 25 heavy (non-hydrogen) atoms. The molecule has 1 aliphatic heterocycles. The third-order valence-corrected chi connectivity index (χ3v) is 3.48. The molecule has 0 aliphatic carbocycles. The summed E-state index contributed by atoms with van der Waals surface area (Å²) in [6, 6.07) is 8.11. The standard InChI is InChI=1S/C15H11FN4O.C2H4O2/c16-9-3-4-12-10(8-9)13(11-2-1-5-17-11)19-15(21)14-18-6-7-20(12)14;1-2(3)4/h1-8,15,17,21H;1H3,(H,3,4). The summed E-state index contributed by atoms with van der Waals surface area (Å²) < 4.78 is 15.4. The van der Waals surface area contributed by atoms with Gasteiger partial charge < -0.3 is 15.2 Å². The number of carbonyl (C=O) groups is 1. The number of halogens is 1. The Morgan fingerprint density at radius 2 is 2.12 bits per heavy atom. The van der Waals surface area contributed by atoms with E-state index in [9.17, 15) is 9.50 Å². The van der Waals surface area contributed by atoms with Gasteiger partial charge >= 0.3 is 0 Å². The summed E-state index contributed by atoms with van der Waals surface area (Å²) in [6.07, 6.45) is 3.96. The molecule has 3 N–H and O–H groups in total. The van der Waals surface area contributed by atoms with Crippen LogP contribution in [0.5, 0.6) is 0 Å². The van der Waals surface area contributed by atoms with Crippen LogP contribution >= 0.6 is 0 Å². The first-order chi connectivity index (χ1) is 12.0. The largest absolute Gasteiger partial charge is 0.481 e. The molecule has 1 atom stereocenters. The lowest BCUT2D eigenvalue weighted by atomic mass is 10.0. The fraction of sp³-hybridized carbons (Fsp3) is 0.118. The van der Waals surface area contributed by atoms with Gasteiger partial charge in [0.1, 0.15) is 5.82 Å². The topological polar surface area (TPSA) is 104 Å². The van der Waals surface area contributed by atoms with Crippen molar-refractivity contribution >= 4 is 11.7 Å². The van der Waals surface area contributed by atoms with Crippen LogP contribution in [0.4, 0.5) is 4.39 Å². The van der Waals surface area contributed by atoms with Crippen molar-refractivity contribution in [3.63, 3.8) is 0 Å². The average Bonchev–Trinajstić information content (AvgIpc) is 3.21. The Balaban J connectivity index is 0.000000415. The fourth-order valence-electron chi connectivity index (χ4n) is 2.56. The average molecular weight is 342 g/mol. The Hall–Kier alpha value is -3.26. The maximum Gasteiger partial charge on any atom is 0.300 e. The Bertz CT molecular complexity index is 927. The zero-order valence-electron chi connectivity index (χ0n) is 13.2. The molecule has 1 aliphatic rings. The summed E-state index contributed by atoms with van der Waals surface area (Å²) in [6.45, 7) is 1.08. The zero-order valence-corrected chi connectivity index (χ0v) is 13.2. The van der Waals surface area contributed by atoms with Gasteiger partial charge in [-0.15, -0.1) is 0 Å². The number of aliphatic imine (C=N–C) groups is 1. The number of carboxylic acid groups (broad SMARTS) is 1. The van der Waals surface area contributed by atoms with Crippen LogP contribution < -0.4 is 0 Å². The fourth-order valence-corrected chi connectivity index (χ4v) is 2.56. The lowest BCUT2D eigenvalue weighted by Gasteiger charge is -2.10. The van der Waals surface area contributed by atoms with Crippen LogP contribution in [-0.2, 0) is 4.79 Å². The molecule has 7 nitrogen and oxygen atoms in total. The highest BCUT2D eigenvalue weighted by Gasteiger charge is 2.24. The molecule has 4 rings (SSSR count). The van der Waals surface area contributed by atoms with E-state index in [1.165, 1.54) is 12.1 Å². The van der Waals surface area contributed by atoms with Gasteiger partial charge in [-0.2, -0.15) is 0 Å². The number of rotatable bonds is 1. The van der Waals surface area contributed by atoms with Gasteiger partial charge in [-0.05, 0) is 30.3 Å². The van der Waals surface area contributed by atoms with Gasteiger partial charge in [0.05, 0.1) is 17.1 Å². The van der Waals surface area contributed by atoms with Crippen LogP contribution in [0.25, 0.3) is 5.69 Å². The number of aliphatic hydroxyl groups excluding tert-OH is 1. The number of aliphatic carboxylic acids is 1. The first-order valence-corrected chi connectivity index (χ1v) is 7.40. The predicted molar refractivity (Wildman–Crippen MR) is 88.2 cm³/mol. The molecular formula is C17H15FN4O3. The van der Waals surface area contributed by atoms with Gasteiger partial charge in [-0.3, -0.25) is 9.36 Å². The minimum absolute atomic E-state index is 0.355. The van der Waals surface area contributed by atoms with E-state index in [4.69, 9.17) is 9.90 Å². The van der Waals surface area contributed by atoms with E-state index in [1.807, 2.05) is 12.1 Å². The first-order valence-electron chi connectivity index (χ1n) is 7.40. The van der Waals surface area contributed by atoms with Gasteiger partial charge in [0.25, 0.3) is 5.97 Å². The molecular weight excluding hydrogens is 327 g/mol. The van der Waals surface area contributed by atoms with Crippen LogP contribution in [0.2, 0.25) is 0 Å². The molecule has 0 fully saturated rings. The summed E-state index contributed by atoms with van der Waals surface area (Å²) in [5, 5.41) is 17.7. The number of H-pyrrole nitrogens is 1. The van der Waals surface area contributed by atoms with E-state index in [-0.39, 0.29) is 5.82 Å². The maximum absolute atomic E-state index is 13.7. The van der Waals surface area contributed by atoms with E-state index in [0.717, 1.165) is 12.6 Å². The predicted octanol–water partition coefficient (Wildman–Crippen LogP) is 2.27. The van der Waals surface area contributed by atoms with E-state index in [1.54, 1.807) is 29.2 Å². The minimum atomic E-state index is -1.10. The van der Waals surface area contributed by atoms with Crippen LogP contribution in [0.15, 0.2) is 53.9 Å². The number of benzene rings is 1. The highest BCUT2D eigenvalue weighted by atomic mass is 19.1. The summed E-state index contributed by atoms with van der Waals surface area (Å²) >= 11 is 0. The Labute approximate surface area is 142 Å². The smallest absolute Gasteiger partial charge is 0.300 e. The van der Waals surface area contributed by atoms with Crippen molar-refractivity contribution in [1.29, 1.82) is 0 Å². The van der Waals surface area contributed by atoms with E-state index in [2.05, 4.69) is 15.0 Å². The molecule has 0 radical (unpaired) electrons. The van der Waals surface area contributed by atoms with Crippen molar-refractivity contribution in [2.24, 2.45) is 4.99 Å². The second kappa shape index (κ2) is 6.70. The number of hydrogen-bond acceptors (Lipinski definition) is 4. The monoisotopic (exact) mass is 342 g/mol. The van der Waals surface area contributed by atoms with E-state index >= 15 is 0 Å². The lowest BCUT2D eigenvalue weighted by molar-refractivity contribution is -0.134. The van der Waals surface area contributed by atoms with Crippen LogP contribution in [0.3, 0.4) is 0 Å². The first kappa shape index (κ1) is 16.6. The van der Waals surface area contributed by atoms with Gasteiger partial charge in [0.15, 0.2) is 5.82 Å². The zero-order chi connectivity index (χ0) is 18.0. The Morgan fingerprint density at radius 1 is 1.36 bits per heavy atom. The summed E-state index contributed by atoms with van der Waals surface area (Å²) in [5.41, 5.74) is 2.56. The number of imidazole rings is 1. The number of hydrogen-bond donors (Lipinski definition) is 3. The van der Waals surface area contributed by atoms with Crippen LogP contribution in [-0.4, -0.2) is 36.4 Å². The third-order valence-electron chi connectivity index (χ3n) is 3.48. The maximum atomic E-state index is 13.7. The lowest BCUT2D eigenvalue weighted by Crippen LogP contribution is -2.07. The summed E-state index contributed by atoms with van der Waals surface area (Å²) in [4.78, 5) is 20.5. The van der Waals surface area contributed by atoms with Crippen molar-refractivity contribution in [2.75, 3.05) is 0 Å². The third kappa shape index (κ3) is 3.33. The molecule has 2 aromatic heterocycles. The normalized spacial score (nSPS) is 15.2. The second-order valence-corrected chi connectivity index (χ2v) is 5.27. The van der Waals surface area contributed by atoms with Gasteiger partial charge in [-0.1, -0.05) is 0 Å². The Morgan fingerprint density at radius 3 is 2.80 bits per heavy atom. The SMILES string of the molecule is CC(=O)O.OC1N=C(c2ccc[nH]2)c2cc(F)ccc2-n2ccnc21. The van der Waals surface area contributed by atoms with Gasteiger partial charge in [0.2, 0.25) is 6.23 Å². The van der Waals surface area contributed by atoms with E-state index in [0.29, 0.717) is 22.8 Å². The molecule has 0 bridgehead atoms. The summed E-state index contributed by atoms with van der Waals surface area (Å²) in [7, 11) is 0. The molecule has 3 heterocycles. The quantitative estimate of drug-likeness (QED) is 0.631. The highest BCUT2D eigenvalue weighted by molar-refractivity contribution is 6.14. The molecule has 0 spiro atoms. The Kier molecular flexibility index (Phi) is 4.44. The molecule has 3 aromatic rings. The minimum Gasteiger partial charge on any atom is -0.481 e. The number of nitrogens with zero attached hydrogens (tertiary/aromatic N) is 3. The highest BCUT2D eigenvalue weighted by Crippen LogP contribution is 2.28. The number of fused-ring (bicyclic) bond motifs is 3. The van der Waals surface area contributed by atoms with Crippen molar-refractivity contribution in [3.8, 4) is 5.69 Å². The molecule has 1 unspecified atom stereocenters. The van der Waals surface area contributed by atoms with Crippen molar-refractivity contribution in [2.45, 2.75) is 13.2 Å². The molecule has 128 valence electrons. The van der Waals surface area contributed by atoms with Crippen LogP contribution in [0.1, 0.15) is 30.2 Å². The van der Waals surface area contributed by atoms with Gasteiger partial charge in [-0.25, -0.2) is 14.4 Å². The number of aromatic amines is 1. The number of carboxylic acids is 1. The summed E-state index contributed by atoms with van der Waals surface area (Å²) in [5.74, 6) is -0.782. The molecule has 8 heteroatoms. The second-order valence-electron chi connectivity index (χ2n) is 5.27. The number of aromatic nitrogens is 3. The number of aliphatic hydroxyl groups is 1. The van der Waals surface area contributed by atoms with Gasteiger partial charge in [0, 0.05) is 31.1 Å². The molecule has 0 saturated heterocycles. The van der Waals surface area contributed by atoms with E-state index < -0.39 is 12.2 Å². The molecule has 1 aromatic carbocycles.